The van der Waals surface area contributed by atoms with E-state index in [9.17, 15) is 38.4 Å². The van der Waals surface area contributed by atoms with Crippen LogP contribution in [0.1, 0.15) is 79.1 Å². The fraction of sp³-hybridized carbons (Fsp3) is 0.509. The number of amides is 8. The molecule has 8 amide bonds. The van der Waals surface area contributed by atoms with E-state index >= 15 is 0 Å². The third-order valence-electron chi connectivity index (χ3n) is 16.9. The van der Waals surface area contributed by atoms with Crippen molar-refractivity contribution in [2.75, 3.05) is 23.7 Å². The third kappa shape index (κ3) is 8.01. The molecular formula is C55H61N7O9. The summed E-state index contributed by atoms with van der Waals surface area (Å²) >= 11 is 0. The molecule has 6 fully saturated rings. The maximum atomic E-state index is 14.2. The summed E-state index contributed by atoms with van der Waals surface area (Å²) < 4.78 is 6.13. The van der Waals surface area contributed by atoms with Crippen LogP contribution in [0.5, 0.6) is 0 Å². The van der Waals surface area contributed by atoms with Gasteiger partial charge >= 0.3 is 0 Å². The van der Waals surface area contributed by atoms with Crippen LogP contribution in [0.3, 0.4) is 0 Å². The Morgan fingerprint density at radius 2 is 0.958 bits per heavy atom. The number of rotatable bonds is 14. The fourth-order valence-electron chi connectivity index (χ4n) is 13.6. The average Bonchev–Trinajstić information content (AvgIpc) is 4.21. The number of nitrogens with one attached hydrogen (secondary N) is 2. The van der Waals surface area contributed by atoms with Gasteiger partial charge in [-0.15, -0.1) is 0 Å². The minimum Gasteiger partial charge on any atom is -0.436 e. The summed E-state index contributed by atoms with van der Waals surface area (Å²) in [6.07, 6.45) is 14.4. The van der Waals surface area contributed by atoms with Gasteiger partial charge < -0.3 is 24.9 Å². The average molecular weight is 964 g/mol. The molecule has 10 unspecified atom stereocenters. The van der Waals surface area contributed by atoms with E-state index in [1.807, 2.05) is 64.1 Å². The van der Waals surface area contributed by atoms with Gasteiger partial charge in [0.1, 0.15) is 12.1 Å². The quantitative estimate of drug-likeness (QED) is 0.136. The molecule has 12 atom stereocenters. The Kier molecular flexibility index (Phi) is 11.9. The van der Waals surface area contributed by atoms with Gasteiger partial charge in [-0.05, 0) is 123 Å². The lowest BCUT2D eigenvalue weighted by molar-refractivity contribution is -0.154. The fourth-order valence-corrected chi connectivity index (χ4v) is 13.6. The van der Waals surface area contributed by atoms with Crippen LogP contribution in [0.15, 0.2) is 83.4 Å². The summed E-state index contributed by atoms with van der Waals surface area (Å²) in [6, 6.07) is 11.8. The molecule has 4 aliphatic carbocycles. The highest BCUT2D eigenvalue weighted by atomic mass is 16.4. The number of hydrogen-bond donors (Lipinski definition) is 2. The van der Waals surface area contributed by atoms with Crippen molar-refractivity contribution in [1.29, 1.82) is 0 Å². The molecular weight excluding hydrogens is 903 g/mol. The molecule has 3 aromatic rings. The highest BCUT2D eigenvalue weighted by molar-refractivity contribution is 6.10. The Labute approximate surface area is 412 Å². The van der Waals surface area contributed by atoms with Gasteiger partial charge in [0.2, 0.25) is 53.1 Å². The SMILES string of the molecule is CC(C)C(C(=O)N1CCC[C@H]1CC(=O)Nc1ccc(-c2cnc(-c3ccc(NC(=O)C[C@@H]4CCCN4C(=O)C(C(C)C)N4C(=O)C5C6C=CC(C6)C5C4=O)cc3)o2)cc1)N1C(=O)C2C3C=CC(C3)C2C1=O. The molecule has 4 bridgehead atoms. The van der Waals surface area contributed by atoms with E-state index in [0.29, 0.717) is 54.5 Å². The predicted molar refractivity (Wildman–Crippen MR) is 260 cm³/mol. The van der Waals surface area contributed by atoms with E-state index in [2.05, 4.69) is 15.6 Å². The molecule has 1 aromatic heterocycles. The predicted octanol–water partition coefficient (Wildman–Crippen LogP) is 6.31. The molecule has 2 aromatic carbocycles. The summed E-state index contributed by atoms with van der Waals surface area (Å²) in [5.74, 6) is -2.94. The zero-order valence-electron chi connectivity index (χ0n) is 40.6. The van der Waals surface area contributed by atoms with Crippen molar-refractivity contribution in [3.05, 3.63) is 79.0 Å². The normalized spacial score (nSPS) is 29.9. The van der Waals surface area contributed by atoms with E-state index in [0.717, 1.165) is 31.2 Å². The second-order valence-electron chi connectivity index (χ2n) is 21.8. The summed E-state index contributed by atoms with van der Waals surface area (Å²) in [7, 11) is 0. The molecule has 5 heterocycles. The first-order valence-corrected chi connectivity index (χ1v) is 25.6. The number of oxazole rings is 1. The highest BCUT2D eigenvalue weighted by Crippen LogP contribution is 2.54. The molecule has 0 spiro atoms. The summed E-state index contributed by atoms with van der Waals surface area (Å²) in [4.78, 5) is 120. The Morgan fingerprint density at radius 1 is 0.577 bits per heavy atom. The zero-order chi connectivity index (χ0) is 49.6. The number of carbonyl (C=O) groups excluding carboxylic acids is 8. The van der Waals surface area contributed by atoms with Gasteiger partial charge in [-0.3, -0.25) is 48.2 Å². The largest absolute Gasteiger partial charge is 0.436 e. The lowest BCUT2D eigenvalue weighted by Crippen LogP contribution is -2.55. The Bertz CT molecular complexity index is 2520. The van der Waals surface area contributed by atoms with Gasteiger partial charge in [0.05, 0.1) is 29.9 Å². The minimum atomic E-state index is -0.901. The standard InChI is InChI=1S/C55H61N7O9/c1-28(2)47(61-50(65)43-32-9-10-33(23-32)44(43)51(61)66)54(69)59-21-5-7-38(59)25-41(63)57-36-17-13-30(14-18-36)40-27-56-49(71-40)31-15-19-37(20-16-31)58-42(64)26-39-8-6-22-60(39)55(70)48(29(3)4)62-52(67)45-34-11-12-35(24-34)46(45)53(62)68/h9-20,27-29,32-35,38-39,43-48H,5-8,21-26H2,1-4H3,(H,57,63)(H,58,64)/t32?,33?,34?,35?,38-,39-,43?,44?,45?,46?,47?,48?/m0/s1. The van der Waals surface area contributed by atoms with Crippen molar-refractivity contribution in [3.8, 4) is 22.8 Å². The molecule has 4 saturated heterocycles. The summed E-state index contributed by atoms with van der Waals surface area (Å²) in [6.45, 7) is 8.38. The smallest absolute Gasteiger partial charge is 0.246 e. The van der Waals surface area contributed by atoms with Crippen LogP contribution in [-0.4, -0.2) is 109 Å². The van der Waals surface area contributed by atoms with Crippen molar-refractivity contribution in [2.24, 2.45) is 59.2 Å². The van der Waals surface area contributed by atoms with Crippen LogP contribution in [-0.2, 0) is 38.4 Å². The zero-order valence-corrected chi connectivity index (χ0v) is 40.6. The van der Waals surface area contributed by atoms with Crippen molar-refractivity contribution < 1.29 is 42.8 Å². The molecule has 11 rings (SSSR count). The number of carbonyl (C=O) groups is 8. The van der Waals surface area contributed by atoms with E-state index in [-0.39, 0.29) is 131 Å². The van der Waals surface area contributed by atoms with Crippen molar-refractivity contribution in [3.63, 3.8) is 0 Å². The number of aromatic nitrogens is 1. The van der Waals surface area contributed by atoms with Gasteiger partial charge in [0, 0.05) is 60.5 Å². The Morgan fingerprint density at radius 3 is 1.34 bits per heavy atom. The van der Waals surface area contributed by atoms with Crippen LogP contribution < -0.4 is 10.6 Å². The summed E-state index contributed by atoms with van der Waals surface area (Å²) in [5, 5.41) is 5.91. The van der Waals surface area contributed by atoms with Gasteiger partial charge in [0.15, 0.2) is 5.76 Å². The number of hydrogen-bond acceptors (Lipinski definition) is 10. The third-order valence-corrected chi connectivity index (χ3v) is 16.9. The Balaban J connectivity index is 0.667. The van der Waals surface area contributed by atoms with Crippen LogP contribution in [0.25, 0.3) is 22.8 Å². The van der Waals surface area contributed by atoms with Gasteiger partial charge in [-0.2, -0.15) is 0 Å². The maximum absolute atomic E-state index is 14.2. The first-order valence-electron chi connectivity index (χ1n) is 25.6. The molecule has 370 valence electrons. The molecule has 16 heteroatoms. The highest BCUT2D eigenvalue weighted by Gasteiger charge is 2.63. The van der Waals surface area contributed by atoms with E-state index in [1.165, 1.54) is 9.80 Å². The van der Waals surface area contributed by atoms with Crippen molar-refractivity contribution in [2.45, 2.75) is 103 Å². The lowest BCUT2D eigenvalue weighted by Gasteiger charge is -2.35. The summed E-state index contributed by atoms with van der Waals surface area (Å²) in [5.41, 5.74) is 2.56. The van der Waals surface area contributed by atoms with E-state index < -0.39 is 12.1 Å². The number of likely N-dealkylation sites (tertiary alicyclic amines) is 4. The molecule has 71 heavy (non-hydrogen) atoms. The van der Waals surface area contributed by atoms with Crippen LogP contribution >= 0.6 is 0 Å². The number of imide groups is 2. The topological polar surface area (TPSA) is 200 Å². The maximum Gasteiger partial charge on any atom is 0.246 e. The van der Waals surface area contributed by atoms with Gasteiger partial charge in [-0.25, -0.2) is 4.98 Å². The molecule has 8 aliphatic rings. The van der Waals surface area contributed by atoms with Crippen LogP contribution in [0.2, 0.25) is 0 Å². The van der Waals surface area contributed by atoms with Gasteiger partial charge in [-0.1, -0.05) is 52.0 Å². The number of fused-ring (bicyclic) bond motifs is 10. The second-order valence-corrected chi connectivity index (χ2v) is 21.8. The lowest BCUT2D eigenvalue weighted by atomic mass is 9.85. The molecule has 2 N–H and O–H groups in total. The Hall–Kier alpha value is -6.71. The van der Waals surface area contributed by atoms with Gasteiger partial charge in [0.25, 0.3) is 0 Å². The molecule has 16 nitrogen and oxygen atoms in total. The minimum absolute atomic E-state index is 0.0561. The monoisotopic (exact) mass is 963 g/mol. The molecule has 0 radical (unpaired) electrons. The van der Waals surface area contributed by atoms with Crippen molar-refractivity contribution in [1.82, 2.24) is 24.6 Å². The van der Waals surface area contributed by atoms with Crippen LogP contribution in [0, 0.1) is 59.2 Å². The molecule has 2 saturated carbocycles. The first kappa shape index (κ1) is 46.7. The van der Waals surface area contributed by atoms with Crippen LogP contribution in [0.4, 0.5) is 11.4 Å². The second kappa shape index (κ2) is 18.2. The molecule has 4 aliphatic heterocycles. The first-order chi connectivity index (χ1) is 34.2. The van der Waals surface area contributed by atoms with E-state index in [1.54, 1.807) is 52.4 Å². The van der Waals surface area contributed by atoms with Crippen molar-refractivity contribution >= 4 is 58.6 Å². The number of allylic oxidation sites excluding steroid dienone is 4. The number of nitrogens with zero attached hydrogens (tertiary/aromatic N) is 5. The van der Waals surface area contributed by atoms with E-state index in [4.69, 9.17) is 4.42 Å². The number of benzene rings is 2. The number of anilines is 2.